The Morgan fingerprint density at radius 2 is 2.15 bits per heavy atom. The molecule has 0 bridgehead atoms. The van der Waals surface area contributed by atoms with E-state index in [-0.39, 0.29) is 6.10 Å². The molecule has 1 aromatic heterocycles. The van der Waals surface area contributed by atoms with Crippen molar-refractivity contribution in [3.63, 3.8) is 0 Å². The van der Waals surface area contributed by atoms with Crippen LogP contribution in [-0.2, 0) is 30.3 Å². The minimum absolute atomic E-state index is 0.337. The van der Waals surface area contributed by atoms with Crippen molar-refractivity contribution in [3.8, 4) is 0 Å². The molecule has 2 aliphatic rings. The van der Waals surface area contributed by atoms with Crippen LogP contribution in [0, 0.1) is 0 Å². The van der Waals surface area contributed by atoms with Crippen molar-refractivity contribution in [2.75, 3.05) is 21.3 Å². The predicted octanol–water partition coefficient (Wildman–Crippen LogP) is 1.02. The summed E-state index contributed by atoms with van der Waals surface area (Å²) in [7, 11) is 4.70. The third-order valence-corrected chi connectivity index (χ3v) is 6.27. The number of fused-ring (bicyclic) bond motifs is 1. The van der Waals surface area contributed by atoms with Gasteiger partial charge in [0, 0.05) is 21.3 Å². The van der Waals surface area contributed by atoms with E-state index in [1.165, 1.54) is 7.11 Å². The average Bonchev–Trinajstić information content (AvgIpc) is 3.19. The first kappa shape index (κ1) is 19.8. The lowest BCUT2D eigenvalue weighted by Crippen LogP contribution is -2.35. The van der Waals surface area contributed by atoms with Gasteiger partial charge in [-0.1, -0.05) is 6.92 Å². The topological polar surface area (TPSA) is 117 Å². The Kier molecular flexibility index (Phi) is 5.80. The monoisotopic (exact) mass is 405 g/mol. The molecule has 3 heterocycles. The number of nitrogens with zero attached hydrogens (tertiary/aromatic N) is 4. The Morgan fingerprint density at radius 3 is 2.77 bits per heavy atom. The van der Waals surface area contributed by atoms with Gasteiger partial charge in [0.15, 0.2) is 12.0 Å². The zero-order valence-electron chi connectivity index (χ0n) is 15.1. The molecular weight excluding hydrogens is 381 g/mol. The molecule has 4 unspecified atom stereocenters. The third kappa shape index (κ3) is 3.46. The smallest absolute Gasteiger partial charge is 0.324 e. The molecule has 146 valence electrons. The molecule has 2 aliphatic heterocycles. The second-order valence-electron chi connectivity index (χ2n) is 6.11. The average molecular weight is 405 g/mol. The molecule has 12 heteroatoms. The highest BCUT2D eigenvalue weighted by atomic mass is 32.5. The van der Waals surface area contributed by atoms with Gasteiger partial charge >= 0.3 is 6.72 Å². The van der Waals surface area contributed by atoms with Gasteiger partial charge in [0.2, 0.25) is 0 Å². The second-order valence-corrected chi connectivity index (χ2v) is 9.01. The van der Waals surface area contributed by atoms with Gasteiger partial charge < -0.3 is 29.5 Å². The summed E-state index contributed by atoms with van der Waals surface area (Å²) in [4.78, 5) is 20.7. The summed E-state index contributed by atoms with van der Waals surface area (Å²) in [5.41, 5.74) is 6.80. The van der Waals surface area contributed by atoms with Crippen LogP contribution in [0.1, 0.15) is 31.4 Å². The van der Waals surface area contributed by atoms with Gasteiger partial charge in [-0.25, -0.2) is 9.98 Å². The van der Waals surface area contributed by atoms with Crippen molar-refractivity contribution in [3.05, 3.63) is 12.0 Å². The summed E-state index contributed by atoms with van der Waals surface area (Å²) in [6.45, 7) is -1.42. The number of aromatic nitrogens is 2. The van der Waals surface area contributed by atoms with E-state index in [2.05, 4.69) is 9.98 Å². The number of imidazole rings is 1. The molecule has 1 fully saturated rings. The lowest BCUT2D eigenvalue weighted by atomic mass is 10.1. The van der Waals surface area contributed by atoms with Crippen LogP contribution in [0.4, 0.5) is 5.82 Å². The normalized spacial score (nSPS) is 33.3. The molecule has 10 nitrogen and oxygen atoms in total. The van der Waals surface area contributed by atoms with Crippen molar-refractivity contribution >= 4 is 30.7 Å². The van der Waals surface area contributed by atoms with E-state index >= 15 is 0 Å². The Bertz CT molecular complexity index is 731. The first-order valence-electron chi connectivity index (χ1n) is 8.16. The first-order valence-corrected chi connectivity index (χ1v) is 10.8. The molecule has 0 saturated carbocycles. The molecule has 1 aromatic rings. The van der Waals surface area contributed by atoms with Crippen molar-refractivity contribution in [1.29, 1.82) is 0 Å². The van der Waals surface area contributed by atoms with Crippen LogP contribution in [0.2, 0.25) is 0 Å². The van der Waals surface area contributed by atoms with Crippen LogP contribution in [0.25, 0.3) is 0 Å². The molecule has 26 heavy (non-hydrogen) atoms. The van der Waals surface area contributed by atoms with Gasteiger partial charge in [-0.05, 0) is 18.2 Å². The lowest BCUT2D eigenvalue weighted by molar-refractivity contribution is -0.0505. The van der Waals surface area contributed by atoms with E-state index in [1.807, 2.05) is 14.0 Å². The van der Waals surface area contributed by atoms with Crippen LogP contribution in [0.3, 0.4) is 0 Å². The van der Waals surface area contributed by atoms with Crippen LogP contribution in [0.15, 0.2) is 11.3 Å². The van der Waals surface area contributed by atoms with E-state index < -0.39 is 31.3 Å². The zero-order valence-corrected chi connectivity index (χ0v) is 16.8. The van der Waals surface area contributed by atoms with Crippen molar-refractivity contribution in [1.82, 2.24) is 14.5 Å². The van der Waals surface area contributed by atoms with E-state index in [1.54, 1.807) is 29.2 Å². The van der Waals surface area contributed by atoms with Gasteiger partial charge in [0.05, 0.1) is 18.8 Å². The number of aliphatic imine (C=N–C) groups is 1. The first-order chi connectivity index (χ1) is 12.3. The number of methoxy groups -OCH3 is 1. The molecule has 3 rings (SSSR count). The van der Waals surface area contributed by atoms with Gasteiger partial charge in [0.1, 0.15) is 24.1 Å². The quantitative estimate of drug-likeness (QED) is 0.669. The Labute approximate surface area is 157 Å². The van der Waals surface area contributed by atoms with Gasteiger partial charge in [-0.2, -0.15) is 0 Å². The maximum atomic E-state index is 10.1. The molecular formula is C14H24N5O5PS. The van der Waals surface area contributed by atoms with Gasteiger partial charge in [0.25, 0.3) is 0 Å². The van der Waals surface area contributed by atoms with E-state index in [0.717, 1.165) is 0 Å². The number of nitrogens with two attached hydrogens (primary N) is 1. The van der Waals surface area contributed by atoms with E-state index in [0.29, 0.717) is 17.9 Å². The highest BCUT2D eigenvalue weighted by Gasteiger charge is 2.49. The largest absolute Gasteiger partial charge is 0.374 e. The molecule has 0 aliphatic carbocycles. The van der Waals surface area contributed by atoms with E-state index in [9.17, 15) is 4.89 Å². The number of hydrogen-bond acceptors (Lipinski definition) is 9. The van der Waals surface area contributed by atoms with Crippen LogP contribution >= 0.6 is 6.72 Å². The fourth-order valence-corrected chi connectivity index (χ4v) is 4.09. The van der Waals surface area contributed by atoms with Crippen molar-refractivity contribution < 1.29 is 23.4 Å². The summed E-state index contributed by atoms with van der Waals surface area (Å²) in [5.74, 6) is 0.605. The molecule has 6 atom stereocenters. The fourth-order valence-electron chi connectivity index (χ4n) is 3.14. The summed E-state index contributed by atoms with van der Waals surface area (Å²) in [6, 6.07) is 0. The second kappa shape index (κ2) is 7.61. The minimum atomic E-state index is -3.38. The standard InChI is InChI=1S/C14H24N5O5PS/c1-5-8-10(24-25(20,26)22-4)11(21-3)14(23-8)19-7-16-9-12(15)18(2)6-17-13(9)19/h6-8,10-12,14H,5,15H2,1-4H3,(H,20,26)/t8-,10?,11?,12?,14-,25?/m1/s1. The molecule has 0 amide bonds. The predicted molar refractivity (Wildman–Crippen MR) is 98.5 cm³/mol. The number of rotatable bonds is 6. The number of hydrogen-bond donors (Lipinski definition) is 2. The van der Waals surface area contributed by atoms with Crippen LogP contribution in [-0.4, -0.2) is 65.3 Å². The molecule has 1 saturated heterocycles. The zero-order chi connectivity index (χ0) is 19.1. The Balaban J connectivity index is 1.93. The van der Waals surface area contributed by atoms with Crippen LogP contribution < -0.4 is 5.73 Å². The van der Waals surface area contributed by atoms with Crippen molar-refractivity contribution in [2.24, 2.45) is 10.7 Å². The minimum Gasteiger partial charge on any atom is -0.374 e. The summed E-state index contributed by atoms with van der Waals surface area (Å²) in [5, 5.41) is 0. The summed E-state index contributed by atoms with van der Waals surface area (Å²) < 4.78 is 24.1. The maximum absolute atomic E-state index is 10.1. The Morgan fingerprint density at radius 1 is 1.42 bits per heavy atom. The third-order valence-electron chi connectivity index (χ3n) is 4.60. The lowest BCUT2D eigenvalue weighted by Gasteiger charge is -2.27. The summed E-state index contributed by atoms with van der Waals surface area (Å²) in [6.07, 6.45) is 1.51. The molecule has 0 spiro atoms. The van der Waals surface area contributed by atoms with Gasteiger partial charge in [-0.3, -0.25) is 9.09 Å². The fraction of sp³-hybridized carbons (Fsp3) is 0.714. The Hall–Kier alpha value is -0.910. The number of ether oxygens (including phenoxy) is 2. The molecule has 0 aromatic carbocycles. The van der Waals surface area contributed by atoms with Gasteiger partial charge in [-0.15, -0.1) is 0 Å². The molecule has 3 N–H and O–H groups in total. The highest BCUT2D eigenvalue weighted by Crippen LogP contribution is 2.49. The molecule has 0 radical (unpaired) electrons. The highest BCUT2D eigenvalue weighted by molar-refractivity contribution is 8.07. The maximum Gasteiger partial charge on any atom is 0.324 e. The van der Waals surface area contributed by atoms with E-state index in [4.69, 9.17) is 36.1 Å². The van der Waals surface area contributed by atoms with Crippen molar-refractivity contribution in [2.45, 2.75) is 44.1 Å². The summed E-state index contributed by atoms with van der Waals surface area (Å²) >= 11 is 4.99. The van der Waals surface area contributed by atoms with Crippen LogP contribution in [0.5, 0.6) is 0 Å². The SMILES string of the molecule is CC[C@H]1O[C@@H](n2cnc3c2N=CN(C)C3N)C(OC)C1OP(O)(=S)OC.